The predicted octanol–water partition coefficient (Wildman–Crippen LogP) is 5.10. The van der Waals surface area contributed by atoms with Gasteiger partial charge in [0.2, 0.25) is 0 Å². The lowest BCUT2D eigenvalue weighted by atomic mass is 9.82. The van der Waals surface area contributed by atoms with E-state index in [2.05, 4.69) is 16.4 Å². The summed E-state index contributed by atoms with van der Waals surface area (Å²) in [6.45, 7) is 0.660. The summed E-state index contributed by atoms with van der Waals surface area (Å²) in [6.07, 6.45) is 4.62. The number of anilines is 1. The zero-order valence-corrected chi connectivity index (χ0v) is 15.5. The van der Waals surface area contributed by atoms with Gasteiger partial charge in [-0.2, -0.15) is 0 Å². The zero-order valence-electron chi connectivity index (χ0n) is 15.5. The number of hydrogen-bond donors (Lipinski definition) is 2. The van der Waals surface area contributed by atoms with Crippen molar-refractivity contribution >= 4 is 11.7 Å². The van der Waals surface area contributed by atoms with E-state index in [4.69, 9.17) is 4.74 Å². The van der Waals surface area contributed by atoms with Crippen molar-refractivity contribution in [3.8, 4) is 11.5 Å². The first-order chi connectivity index (χ1) is 13.7. The number of hydrogen-bond acceptors (Lipinski definition) is 4. The van der Waals surface area contributed by atoms with E-state index in [1.54, 1.807) is 12.1 Å². The first-order valence-electron chi connectivity index (χ1n) is 9.49. The van der Waals surface area contributed by atoms with Gasteiger partial charge >= 0.3 is 5.97 Å². The Morgan fingerprint density at radius 2 is 1.96 bits per heavy atom. The molecule has 5 nitrogen and oxygen atoms in total. The Morgan fingerprint density at radius 1 is 1.11 bits per heavy atom. The SMILES string of the molecule is O=C(O)c1ncccc1NCC1CCCc2c(Oc3ccccc3)cccc21. The Morgan fingerprint density at radius 3 is 2.79 bits per heavy atom. The van der Waals surface area contributed by atoms with Crippen molar-refractivity contribution in [1.29, 1.82) is 0 Å². The summed E-state index contributed by atoms with van der Waals surface area (Å²) in [7, 11) is 0. The number of benzene rings is 2. The minimum Gasteiger partial charge on any atom is -0.476 e. The van der Waals surface area contributed by atoms with E-state index in [9.17, 15) is 9.90 Å². The predicted molar refractivity (Wildman–Crippen MR) is 108 cm³/mol. The van der Waals surface area contributed by atoms with Crippen LogP contribution in [-0.4, -0.2) is 22.6 Å². The number of nitrogens with one attached hydrogen (secondary N) is 1. The van der Waals surface area contributed by atoms with Crippen molar-refractivity contribution in [2.45, 2.75) is 25.2 Å². The molecule has 1 aliphatic carbocycles. The summed E-state index contributed by atoms with van der Waals surface area (Å²) in [4.78, 5) is 15.3. The third-order valence-corrected chi connectivity index (χ3v) is 5.11. The van der Waals surface area contributed by atoms with Gasteiger partial charge in [-0.1, -0.05) is 30.3 Å². The lowest BCUT2D eigenvalue weighted by Gasteiger charge is -2.28. The molecule has 0 amide bonds. The van der Waals surface area contributed by atoms with E-state index in [-0.39, 0.29) is 5.69 Å². The smallest absolute Gasteiger partial charge is 0.356 e. The monoisotopic (exact) mass is 374 g/mol. The van der Waals surface area contributed by atoms with Gasteiger partial charge in [-0.05, 0) is 60.7 Å². The van der Waals surface area contributed by atoms with E-state index >= 15 is 0 Å². The maximum atomic E-state index is 11.4. The van der Waals surface area contributed by atoms with Gasteiger partial charge in [0.05, 0.1) is 5.69 Å². The number of ether oxygens (including phenoxy) is 1. The summed E-state index contributed by atoms with van der Waals surface area (Å²) < 4.78 is 6.13. The summed E-state index contributed by atoms with van der Waals surface area (Å²) in [5.41, 5.74) is 3.13. The third kappa shape index (κ3) is 3.83. The van der Waals surface area contributed by atoms with Gasteiger partial charge in [-0.15, -0.1) is 0 Å². The zero-order chi connectivity index (χ0) is 19.3. The molecular formula is C23H22N2O3. The maximum Gasteiger partial charge on any atom is 0.356 e. The van der Waals surface area contributed by atoms with Crippen LogP contribution in [0.2, 0.25) is 0 Å². The number of nitrogens with zero attached hydrogens (tertiary/aromatic N) is 1. The fourth-order valence-electron chi connectivity index (χ4n) is 3.79. The number of rotatable bonds is 6. The van der Waals surface area contributed by atoms with E-state index < -0.39 is 5.97 Å². The van der Waals surface area contributed by atoms with Crippen LogP contribution in [0.1, 0.15) is 40.4 Å². The van der Waals surface area contributed by atoms with Crippen molar-refractivity contribution in [3.05, 3.63) is 83.7 Å². The molecule has 0 saturated carbocycles. The van der Waals surface area contributed by atoms with Gasteiger partial charge in [0.15, 0.2) is 5.69 Å². The molecule has 0 spiro atoms. The molecule has 0 saturated heterocycles. The Hall–Kier alpha value is -3.34. The van der Waals surface area contributed by atoms with Crippen molar-refractivity contribution in [2.24, 2.45) is 0 Å². The van der Waals surface area contributed by atoms with E-state index in [0.29, 0.717) is 18.2 Å². The molecule has 1 unspecified atom stereocenters. The summed E-state index contributed by atoms with van der Waals surface area (Å²) in [5, 5.41) is 12.6. The van der Waals surface area contributed by atoms with Gasteiger partial charge in [-0.3, -0.25) is 0 Å². The number of carbonyl (C=O) groups is 1. The molecule has 0 aliphatic heterocycles. The highest BCUT2D eigenvalue weighted by Crippen LogP contribution is 2.38. The van der Waals surface area contributed by atoms with Crippen LogP contribution < -0.4 is 10.1 Å². The number of para-hydroxylation sites is 1. The van der Waals surface area contributed by atoms with Gasteiger partial charge in [0.25, 0.3) is 0 Å². The quantitative estimate of drug-likeness (QED) is 0.628. The molecule has 1 aliphatic rings. The number of carboxylic acids is 1. The second kappa shape index (κ2) is 8.13. The van der Waals surface area contributed by atoms with Crippen LogP contribution in [0, 0.1) is 0 Å². The second-order valence-corrected chi connectivity index (χ2v) is 6.91. The molecule has 2 N–H and O–H groups in total. The van der Waals surface area contributed by atoms with Crippen LogP contribution in [0.15, 0.2) is 66.9 Å². The summed E-state index contributed by atoms with van der Waals surface area (Å²) in [6, 6.07) is 19.5. The van der Waals surface area contributed by atoms with Crippen molar-refractivity contribution in [1.82, 2.24) is 4.98 Å². The van der Waals surface area contributed by atoms with Crippen LogP contribution in [0.3, 0.4) is 0 Å². The first kappa shape index (κ1) is 18.0. The number of aromatic carboxylic acids is 1. The topological polar surface area (TPSA) is 71.5 Å². The van der Waals surface area contributed by atoms with E-state index in [1.807, 2.05) is 42.5 Å². The maximum absolute atomic E-state index is 11.4. The van der Waals surface area contributed by atoms with Crippen LogP contribution in [0.5, 0.6) is 11.5 Å². The average molecular weight is 374 g/mol. The number of aromatic nitrogens is 1. The minimum atomic E-state index is -1.02. The van der Waals surface area contributed by atoms with Crippen LogP contribution in [0.25, 0.3) is 0 Å². The Labute approximate surface area is 164 Å². The summed E-state index contributed by atoms with van der Waals surface area (Å²) in [5.74, 6) is 1.01. The average Bonchev–Trinajstić information content (AvgIpc) is 2.73. The third-order valence-electron chi connectivity index (χ3n) is 5.11. The van der Waals surface area contributed by atoms with Crippen LogP contribution in [-0.2, 0) is 6.42 Å². The molecule has 0 radical (unpaired) electrons. The van der Waals surface area contributed by atoms with Crippen LogP contribution >= 0.6 is 0 Å². The Balaban J connectivity index is 1.55. The number of pyridine rings is 1. The highest BCUT2D eigenvalue weighted by atomic mass is 16.5. The Kier molecular flexibility index (Phi) is 5.24. The molecule has 28 heavy (non-hydrogen) atoms. The molecule has 1 aromatic heterocycles. The highest BCUT2D eigenvalue weighted by Gasteiger charge is 2.23. The summed E-state index contributed by atoms with van der Waals surface area (Å²) >= 11 is 0. The van der Waals surface area contributed by atoms with Gasteiger partial charge in [0, 0.05) is 18.7 Å². The molecule has 4 rings (SSSR count). The number of carboxylic acid groups (broad SMARTS) is 1. The van der Waals surface area contributed by atoms with E-state index in [1.165, 1.54) is 17.3 Å². The molecule has 3 aromatic rings. The molecule has 0 fully saturated rings. The largest absolute Gasteiger partial charge is 0.476 e. The fourth-order valence-corrected chi connectivity index (χ4v) is 3.79. The lowest BCUT2D eigenvalue weighted by molar-refractivity contribution is 0.0691. The van der Waals surface area contributed by atoms with Gasteiger partial charge < -0.3 is 15.2 Å². The van der Waals surface area contributed by atoms with Gasteiger partial charge in [-0.25, -0.2) is 9.78 Å². The highest BCUT2D eigenvalue weighted by molar-refractivity contribution is 5.91. The van der Waals surface area contributed by atoms with E-state index in [0.717, 1.165) is 30.8 Å². The molecule has 1 atom stereocenters. The molecular weight excluding hydrogens is 352 g/mol. The molecule has 1 heterocycles. The normalized spacial score (nSPS) is 15.5. The Bertz CT molecular complexity index is 973. The standard InChI is InChI=1S/C23H22N2O3/c26-23(27)22-20(12-6-14-24-22)25-15-16-7-4-11-19-18(16)10-5-13-21(19)28-17-8-2-1-3-9-17/h1-3,5-6,8-10,12-14,16,25H,4,7,11,15H2,(H,26,27). The lowest BCUT2D eigenvalue weighted by Crippen LogP contribution is -2.20. The molecule has 2 aromatic carbocycles. The molecule has 5 heteroatoms. The fraction of sp³-hybridized carbons (Fsp3) is 0.217. The minimum absolute atomic E-state index is 0.0553. The number of fused-ring (bicyclic) bond motifs is 1. The van der Waals surface area contributed by atoms with Crippen molar-refractivity contribution in [2.75, 3.05) is 11.9 Å². The molecule has 142 valence electrons. The van der Waals surface area contributed by atoms with Crippen molar-refractivity contribution < 1.29 is 14.6 Å². The van der Waals surface area contributed by atoms with Gasteiger partial charge in [0.1, 0.15) is 11.5 Å². The second-order valence-electron chi connectivity index (χ2n) is 6.91. The van der Waals surface area contributed by atoms with Crippen LogP contribution in [0.4, 0.5) is 5.69 Å². The molecule has 0 bridgehead atoms. The first-order valence-corrected chi connectivity index (χ1v) is 9.49. The van der Waals surface area contributed by atoms with Crippen molar-refractivity contribution in [3.63, 3.8) is 0 Å².